The first-order valence-electron chi connectivity index (χ1n) is 11.9. The first-order valence-corrected chi connectivity index (χ1v) is 11.9. The number of allylic oxidation sites excluding steroid dienone is 3. The number of carbonyl (C=O) groups is 2. The van der Waals surface area contributed by atoms with Gasteiger partial charge in [0.05, 0.1) is 24.8 Å². The zero-order valence-electron chi connectivity index (χ0n) is 19.4. The Hall–Kier alpha value is -1.92. The SMILES string of the molecule is C=CC1=C(/C=C\C)CC(OC[C@@H]2CC[C@@H]3CCC[C@H](NC(=O)C(CC)NC)C(=O)N32)C1. The van der Waals surface area contributed by atoms with Gasteiger partial charge in [-0.05, 0) is 76.5 Å². The Bertz CT molecular complexity index is 726. The normalized spacial score (nSPS) is 29.9. The average molecular weight is 430 g/mol. The maximum Gasteiger partial charge on any atom is 0.245 e. The highest BCUT2D eigenvalue weighted by Crippen LogP contribution is 2.34. The van der Waals surface area contributed by atoms with Crippen LogP contribution in [-0.2, 0) is 14.3 Å². The highest BCUT2D eigenvalue weighted by atomic mass is 16.5. The number of nitrogens with one attached hydrogen (secondary N) is 2. The van der Waals surface area contributed by atoms with Crippen LogP contribution in [0.25, 0.3) is 0 Å². The molecule has 1 aliphatic carbocycles. The molecule has 172 valence electrons. The first kappa shape index (κ1) is 23.7. The van der Waals surface area contributed by atoms with Gasteiger partial charge < -0.3 is 20.3 Å². The molecule has 2 N–H and O–H groups in total. The lowest BCUT2D eigenvalue weighted by molar-refractivity contribution is -0.140. The molecule has 0 aromatic carbocycles. The topological polar surface area (TPSA) is 70.7 Å². The molecule has 0 aromatic heterocycles. The summed E-state index contributed by atoms with van der Waals surface area (Å²) in [6.07, 6.45) is 13.5. The summed E-state index contributed by atoms with van der Waals surface area (Å²) >= 11 is 0. The molecule has 2 saturated heterocycles. The fraction of sp³-hybridized carbons (Fsp3) is 0.680. The quantitative estimate of drug-likeness (QED) is 0.590. The number of ether oxygens (including phenoxy) is 1. The van der Waals surface area contributed by atoms with Gasteiger partial charge in [-0.3, -0.25) is 9.59 Å². The van der Waals surface area contributed by atoms with E-state index in [1.54, 1.807) is 7.05 Å². The molecule has 0 saturated carbocycles. The summed E-state index contributed by atoms with van der Waals surface area (Å²) < 4.78 is 6.31. The Balaban J connectivity index is 1.60. The summed E-state index contributed by atoms with van der Waals surface area (Å²) in [5.74, 6) is -0.0156. The maximum absolute atomic E-state index is 13.4. The van der Waals surface area contributed by atoms with E-state index in [9.17, 15) is 9.59 Å². The van der Waals surface area contributed by atoms with Crippen molar-refractivity contribution in [3.8, 4) is 0 Å². The minimum atomic E-state index is -0.428. The van der Waals surface area contributed by atoms with E-state index in [-0.39, 0.29) is 36.0 Å². The number of carbonyl (C=O) groups excluding carboxylic acids is 2. The molecule has 2 heterocycles. The van der Waals surface area contributed by atoms with E-state index in [2.05, 4.69) is 29.4 Å². The van der Waals surface area contributed by atoms with E-state index < -0.39 is 6.04 Å². The van der Waals surface area contributed by atoms with Gasteiger partial charge in [-0.25, -0.2) is 0 Å². The monoisotopic (exact) mass is 429 g/mol. The highest BCUT2D eigenvalue weighted by molar-refractivity contribution is 5.90. The number of likely N-dealkylation sites (N-methyl/N-ethyl adjacent to an activating group) is 1. The summed E-state index contributed by atoms with van der Waals surface area (Å²) in [5.41, 5.74) is 2.56. The first-order chi connectivity index (χ1) is 15.0. The summed E-state index contributed by atoms with van der Waals surface area (Å²) in [6.45, 7) is 8.50. The van der Waals surface area contributed by atoms with Crippen LogP contribution in [0.4, 0.5) is 0 Å². The molecule has 0 spiro atoms. The molecule has 2 fully saturated rings. The van der Waals surface area contributed by atoms with Gasteiger partial charge >= 0.3 is 0 Å². The van der Waals surface area contributed by atoms with E-state index in [0.717, 1.165) is 38.5 Å². The van der Waals surface area contributed by atoms with Gasteiger partial charge in [-0.2, -0.15) is 0 Å². The molecule has 3 aliphatic rings. The summed E-state index contributed by atoms with van der Waals surface area (Å²) in [6, 6.07) is -0.315. The van der Waals surface area contributed by atoms with Crippen LogP contribution in [-0.4, -0.2) is 60.6 Å². The maximum atomic E-state index is 13.4. The van der Waals surface area contributed by atoms with E-state index in [0.29, 0.717) is 19.4 Å². The number of amides is 2. The van der Waals surface area contributed by atoms with Crippen LogP contribution in [0, 0.1) is 0 Å². The fourth-order valence-electron chi connectivity index (χ4n) is 5.34. The molecule has 6 nitrogen and oxygen atoms in total. The number of fused-ring (bicyclic) bond motifs is 1. The van der Waals surface area contributed by atoms with Crippen LogP contribution >= 0.6 is 0 Å². The lowest BCUT2D eigenvalue weighted by Crippen LogP contribution is -2.54. The minimum Gasteiger partial charge on any atom is -0.375 e. The van der Waals surface area contributed by atoms with Gasteiger partial charge in [-0.1, -0.05) is 31.7 Å². The zero-order chi connectivity index (χ0) is 22.4. The third-order valence-electron chi connectivity index (χ3n) is 7.04. The van der Waals surface area contributed by atoms with E-state index in [4.69, 9.17) is 4.74 Å². The van der Waals surface area contributed by atoms with Crippen molar-refractivity contribution in [2.75, 3.05) is 13.7 Å². The molecule has 0 radical (unpaired) electrons. The van der Waals surface area contributed by atoms with Crippen LogP contribution in [0.5, 0.6) is 0 Å². The highest BCUT2D eigenvalue weighted by Gasteiger charge is 2.42. The summed E-state index contributed by atoms with van der Waals surface area (Å²) in [4.78, 5) is 28.0. The Morgan fingerprint density at radius 2 is 2.03 bits per heavy atom. The molecular weight excluding hydrogens is 390 g/mol. The standard InChI is InChI=1S/C25H39N3O3/c1-5-9-18-15-21(14-17(18)6-2)31-16-20-13-12-19-10-8-11-23(25(30)28(19)20)27-24(29)22(7-3)26-4/h5-6,9,19-23,26H,2,7-8,10-16H2,1,3-4H3,(H,27,29)/b9-5-/t19-,20-,21?,22?,23-/m0/s1. The van der Waals surface area contributed by atoms with Crippen molar-refractivity contribution in [3.63, 3.8) is 0 Å². The van der Waals surface area contributed by atoms with Crippen LogP contribution in [0.15, 0.2) is 36.0 Å². The predicted molar refractivity (Wildman–Crippen MR) is 124 cm³/mol. The predicted octanol–water partition coefficient (Wildman–Crippen LogP) is 3.25. The van der Waals surface area contributed by atoms with E-state index >= 15 is 0 Å². The van der Waals surface area contributed by atoms with Crippen molar-refractivity contribution in [2.45, 2.75) is 95.5 Å². The second kappa shape index (κ2) is 11.1. The minimum absolute atomic E-state index is 0.0684. The Kier molecular flexibility index (Phi) is 8.50. The van der Waals surface area contributed by atoms with Crippen molar-refractivity contribution in [2.24, 2.45) is 0 Å². The summed E-state index contributed by atoms with van der Waals surface area (Å²) in [7, 11) is 1.78. The molecule has 6 heteroatoms. The molecule has 31 heavy (non-hydrogen) atoms. The van der Waals surface area contributed by atoms with Gasteiger partial charge in [-0.15, -0.1) is 0 Å². The van der Waals surface area contributed by atoms with Crippen LogP contribution < -0.4 is 10.6 Å². The lowest BCUT2D eigenvalue weighted by atomic mass is 10.1. The van der Waals surface area contributed by atoms with Gasteiger partial charge in [0.1, 0.15) is 6.04 Å². The van der Waals surface area contributed by atoms with Gasteiger partial charge in [0, 0.05) is 6.04 Å². The third kappa shape index (κ3) is 5.47. The molecule has 5 atom stereocenters. The Morgan fingerprint density at radius 1 is 1.26 bits per heavy atom. The molecular formula is C25H39N3O3. The molecule has 0 bridgehead atoms. The largest absolute Gasteiger partial charge is 0.375 e. The van der Waals surface area contributed by atoms with Crippen molar-refractivity contribution in [1.29, 1.82) is 0 Å². The lowest BCUT2D eigenvalue weighted by Gasteiger charge is -2.32. The summed E-state index contributed by atoms with van der Waals surface area (Å²) in [5, 5.41) is 6.04. The molecule has 2 amide bonds. The van der Waals surface area contributed by atoms with Gasteiger partial charge in [0.2, 0.25) is 11.8 Å². The van der Waals surface area contributed by atoms with E-state index in [1.165, 1.54) is 11.1 Å². The Labute approximate surface area is 187 Å². The number of nitrogens with zero attached hydrogens (tertiary/aromatic N) is 1. The number of hydrogen-bond acceptors (Lipinski definition) is 4. The third-order valence-corrected chi connectivity index (χ3v) is 7.04. The van der Waals surface area contributed by atoms with Crippen molar-refractivity contribution in [1.82, 2.24) is 15.5 Å². The van der Waals surface area contributed by atoms with Crippen LogP contribution in [0.2, 0.25) is 0 Å². The van der Waals surface area contributed by atoms with Gasteiger partial charge in [0.15, 0.2) is 0 Å². The zero-order valence-corrected chi connectivity index (χ0v) is 19.4. The second-order valence-electron chi connectivity index (χ2n) is 8.99. The fourth-order valence-corrected chi connectivity index (χ4v) is 5.34. The Morgan fingerprint density at radius 3 is 2.71 bits per heavy atom. The van der Waals surface area contributed by atoms with Crippen molar-refractivity contribution >= 4 is 11.8 Å². The second-order valence-corrected chi connectivity index (χ2v) is 8.99. The smallest absolute Gasteiger partial charge is 0.245 e. The van der Waals surface area contributed by atoms with Crippen LogP contribution in [0.3, 0.4) is 0 Å². The molecule has 3 rings (SSSR count). The molecule has 0 aromatic rings. The van der Waals surface area contributed by atoms with Crippen molar-refractivity contribution in [3.05, 3.63) is 36.0 Å². The van der Waals surface area contributed by atoms with E-state index in [1.807, 2.05) is 24.8 Å². The van der Waals surface area contributed by atoms with Crippen molar-refractivity contribution < 1.29 is 14.3 Å². The average Bonchev–Trinajstić information content (AvgIpc) is 3.31. The van der Waals surface area contributed by atoms with Crippen LogP contribution in [0.1, 0.15) is 65.2 Å². The molecule has 2 unspecified atom stereocenters. The number of rotatable bonds is 9. The van der Waals surface area contributed by atoms with Gasteiger partial charge in [0.25, 0.3) is 0 Å². The molecule has 2 aliphatic heterocycles. The number of hydrogen-bond donors (Lipinski definition) is 2.